The molecular weight excluding hydrogens is 377 g/mol. The second kappa shape index (κ2) is 9.54. The van der Waals surface area contributed by atoms with E-state index in [1.54, 1.807) is 0 Å². The molecule has 3 unspecified atom stereocenters. The Morgan fingerprint density at radius 2 is 1.79 bits per heavy atom. The SMILES string of the molecule is CC(C)CC(C(=O)NCCCOCC(F)(F)F)N1C(=O)C2CC=CCC2C1=O. The Bertz CT molecular complexity index is 593. The zero-order valence-corrected chi connectivity index (χ0v) is 16.1. The van der Waals surface area contributed by atoms with Crippen LogP contribution in [-0.4, -0.2) is 54.6 Å². The molecule has 3 atom stereocenters. The molecule has 1 aliphatic carbocycles. The summed E-state index contributed by atoms with van der Waals surface area (Å²) in [5.41, 5.74) is 0. The topological polar surface area (TPSA) is 75.7 Å². The number of halogens is 3. The largest absolute Gasteiger partial charge is 0.411 e. The molecule has 0 saturated carbocycles. The first-order valence-corrected chi connectivity index (χ1v) is 9.56. The molecule has 0 aromatic rings. The number of allylic oxidation sites excluding steroid dienone is 2. The molecule has 9 heteroatoms. The maximum absolute atomic E-state index is 12.8. The first-order chi connectivity index (χ1) is 13.1. The fourth-order valence-electron chi connectivity index (χ4n) is 3.60. The van der Waals surface area contributed by atoms with Crippen LogP contribution in [0, 0.1) is 17.8 Å². The quantitative estimate of drug-likeness (QED) is 0.364. The van der Waals surface area contributed by atoms with Gasteiger partial charge in [0, 0.05) is 13.2 Å². The van der Waals surface area contributed by atoms with Crippen molar-refractivity contribution in [3.05, 3.63) is 12.2 Å². The van der Waals surface area contributed by atoms with Crippen LogP contribution in [0.5, 0.6) is 0 Å². The van der Waals surface area contributed by atoms with Crippen molar-refractivity contribution in [1.29, 1.82) is 0 Å². The summed E-state index contributed by atoms with van der Waals surface area (Å²) in [5, 5.41) is 2.62. The molecule has 0 aromatic carbocycles. The van der Waals surface area contributed by atoms with Crippen molar-refractivity contribution in [3.8, 4) is 0 Å². The fourth-order valence-corrected chi connectivity index (χ4v) is 3.60. The first kappa shape index (κ1) is 22.4. The highest BCUT2D eigenvalue weighted by Crippen LogP contribution is 2.37. The van der Waals surface area contributed by atoms with Crippen molar-refractivity contribution in [2.45, 2.75) is 51.7 Å². The van der Waals surface area contributed by atoms with Crippen molar-refractivity contribution in [1.82, 2.24) is 10.2 Å². The summed E-state index contributed by atoms with van der Waals surface area (Å²) in [7, 11) is 0. The standard InChI is InChI=1S/C19H27F3N2O4/c1-12(2)10-15(16(25)23-8-5-9-28-11-19(20,21)22)24-17(26)13-6-3-4-7-14(13)18(24)27/h3-4,12-15H,5-11H2,1-2H3,(H,23,25). The van der Waals surface area contributed by atoms with E-state index in [0.29, 0.717) is 19.3 Å². The van der Waals surface area contributed by atoms with Gasteiger partial charge in [-0.15, -0.1) is 0 Å². The van der Waals surface area contributed by atoms with E-state index in [1.165, 1.54) is 0 Å². The highest BCUT2D eigenvalue weighted by atomic mass is 19.4. The van der Waals surface area contributed by atoms with Crippen LogP contribution in [0.1, 0.15) is 39.5 Å². The van der Waals surface area contributed by atoms with Gasteiger partial charge in [0.05, 0.1) is 11.8 Å². The van der Waals surface area contributed by atoms with Crippen LogP contribution in [0.2, 0.25) is 0 Å². The molecule has 158 valence electrons. The summed E-state index contributed by atoms with van der Waals surface area (Å²) in [4.78, 5) is 39.3. The lowest BCUT2D eigenvalue weighted by molar-refractivity contribution is -0.174. The molecule has 0 aromatic heterocycles. The number of likely N-dealkylation sites (tertiary alicyclic amines) is 1. The van der Waals surface area contributed by atoms with E-state index >= 15 is 0 Å². The monoisotopic (exact) mass is 404 g/mol. The molecule has 6 nitrogen and oxygen atoms in total. The third-order valence-corrected chi connectivity index (χ3v) is 4.88. The molecule has 3 amide bonds. The van der Waals surface area contributed by atoms with Gasteiger partial charge in [0.25, 0.3) is 0 Å². The predicted octanol–water partition coefficient (Wildman–Crippen LogP) is 2.44. The lowest BCUT2D eigenvalue weighted by atomic mass is 9.85. The van der Waals surface area contributed by atoms with Crippen LogP contribution in [0.3, 0.4) is 0 Å². The second-order valence-electron chi connectivity index (χ2n) is 7.66. The zero-order chi connectivity index (χ0) is 20.9. The second-order valence-corrected chi connectivity index (χ2v) is 7.66. The number of hydrogen-bond acceptors (Lipinski definition) is 4. The zero-order valence-electron chi connectivity index (χ0n) is 16.1. The van der Waals surface area contributed by atoms with Crippen molar-refractivity contribution in [2.24, 2.45) is 17.8 Å². The molecule has 1 aliphatic heterocycles. The predicted molar refractivity (Wildman–Crippen MR) is 95.0 cm³/mol. The summed E-state index contributed by atoms with van der Waals surface area (Å²) < 4.78 is 40.6. The maximum Gasteiger partial charge on any atom is 0.411 e. The molecule has 2 rings (SSSR count). The van der Waals surface area contributed by atoms with E-state index in [-0.39, 0.29) is 37.3 Å². The van der Waals surface area contributed by atoms with Crippen LogP contribution in [0.25, 0.3) is 0 Å². The van der Waals surface area contributed by atoms with Crippen LogP contribution in [0.4, 0.5) is 13.2 Å². The van der Waals surface area contributed by atoms with Crippen LogP contribution in [-0.2, 0) is 19.1 Å². The van der Waals surface area contributed by atoms with Gasteiger partial charge in [-0.3, -0.25) is 19.3 Å². The van der Waals surface area contributed by atoms with E-state index in [9.17, 15) is 27.6 Å². The average Bonchev–Trinajstić information content (AvgIpc) is 2.86. The van der Waals surface area contributed by atoms with Gasteiger partial charge in [0.2, 0.25) is 17.7 Å². The highest BCUT2D eigenvalue weighted by Gasteiger charge is 2.51. The van der Waals surface area contributed by atoms with Crippen LogP contribution >= 0.6 is 0 Å². The lowest BCUT2D eigenvalue weighted by Gasteiger charge is -2.27. The third-order valence-electron chi connectivity index (χ3n) is 4.88. The average molecular weight is 404 g/mol. The fraction of sp³-hybridized carbons (Fsp3) is 0.737. The van der Waals surface area contributed by atoms with E-state index in [1.807, 2.05) is 26.0 Å². The third kappa shape index (κ3) is 5.80. The number of imide groups is 1. The number of carbonyl (C=O) groups is 3. The van der Waals surface area contributed by atoms with E-state index < -0.39 is 36.6 Å². The number of ether oxygens (including phenoxy) is 1. The minimum atomic E-state index is -4.38. The maximum atomic E-state index is 12.8. The summed E-state index contributed by atoms with van der Waals surface area (Å²) in [6.45, 7) is 2.42. The number of alkyl halides is 3. The van der Waals surface area contributed by atoms with Crippen molar-refractivity contribution < 1.29 is 32.3 Å². The minimum Gasteiger partial charge on any atom is -0.372 e. The molecular formula is C19H27F3N2O4. The van der Waals surface area contributed by atoms with Gasteiger partial charge in [-0.2, -0.15) is 13.2 Å². The van der Waals surface area contributed by atoms with E-state index in [2.05, 4.69) is 10.1 Å². The molecule has 1 saturated heterocycles. The summed E-state index contributed by atoms with van der Waals surface area (Å²) in [6, 6.07) is -0.901. The van der Waals surface area contributed by atoms with Gasteiger partial charge >= 0.3 is 6.18 Å². The Labute approximate surface area is 162 Å². The smallest absolute Gasteiger partial charge is 0.372 e. The van der Waals surface area contributed by atoms with Crippen molar-refractivity contribution in [2.75, 3.05) is 19.8 Å². The Morgan fingerprint density at radius 3 is 2.29 bits per heavy atom. The highest BCUT2D eigenvalue weighted by molar-refractivity contribution is 6.08. The lowest BCUT2D eigenvalue weighted by Crippen LogP contribution is -2.50. The van der Waals surface area contributed by atoms with E-state index in [0.717, 1.165) is 4.90 Å². The number of hydrogen-bond donors (Lipinski definition) is 1. The summed E-state index contributed by atoms with van der Waals surface area (Å²) >= 11 is 0. The van der Waals surface area contributed by atoms with Crippen molar-refractivity contribution >= 4 is 17.7 Å². The molecule has 1 fully saturated rings. The Morgan fingerprint density at radius 1 is 1.21 bits per heavy atom. The van der Waals surface area contributed by atoms with Gasteiger partial charge in [-0.1, -0.05) is 26.0 Å². The van der Waals surface area contributed by atoms with Crippen LogP contribution in [0.15, 0.2) is 12.2 Å². The number of nitrogens with zero attached hydrogens (tertiary/aromatic N) is 1. The van der Waals surface area contributed by atoms with E-state index in [4.69, 9.17) is 0 Å². The molecule has 1 N–H and O–H groups in total. The minimum absolute atomic E-state index is 0.0761. The molecule has 0 bridgehead atoms. The number of rotatable bonds is 9. The number of amides is 3. The van der Waals surface area contributed by atoms with Gasteiger partial charge in [-0.05, 0) is 31.6 Å². The number of carbonyl (C=O) groups excluding carboxylic acids is 3. The van der Waals surface area contributed by atoms with Crippen LogP contribution < -0.4 is 5.32 Å². The molecule has 28 heavy (non-hydrogen) atoms. The molecule has 2 aliphatic rings. The first-order valence-electron chi connectivity index (χ1n) is 9.56. The Kier molecular flexibility index (Phi) is 7.63. The van der Waals surface area contributed by atoms with Gasteiger partial charge in [-0.25, -0.2) is 0 Å². The Balaban J connectivity index is 1.93. The number of nitrogens with one attached hydrogen (secondary N) is 1. The molecule has 0 radical (unpaired) electrons. The summed E-state index contributed by atoms with van der Waals surface area (Å²) in [5.74, 6) is -1.82. The summed E-state index contributed by atoms with van der Waals surface area (Å²) in [6.07, 6.45) is 0.918. The van der Waals surface area contributed by atoms with Gasteiger partial charge in [0.1, 0.15) is 12.6 Å². The van der Waals surface area contributed by atoms with Gasteiger partial charge < -0.3 is 10.1 Å². The molecule has 1 heterocycles. The molecule has 0 spiro atoms. The number of fused-ring (bicyclic) bond motifs is 1. The normalized spacial score (nSPS) is 23.3. The van der Waals surface area contributed by atoms with Crippen molar-refractivity contribution in [3.63, 3.8) is 0 Å². The van der Waals surface area contributed by atoms with Gasteiger partial charge in [0.15, 0.2) is 0 Å². The Hall–Kier alpha value is -1.90.